The second-order valence-corrected chi connectivity index (χ2v) is 6.83. The summed E-state index contributed by atoms with van der Waals surface area (Å²) in [5.74, 6) is -1.91. The lowest BCUT2D eigenvalue weighted by Crippen LogP contribution is -1.95. The van der Waals surface area contributed by atoms with Crippen molar-refractivity contribution >= 4 is 10.8 Å². The fraction of sp³-hybridized carbons (Fsp3) is 0.0400. The van der Waals surface area contributed by atoms with Gasteiger partial charge in [0.1, 0.15) is 23.2 Å². The second kappa shape index (κ2) is 8.31. The third-order valence-corrected chi connectivity index (χ3v) is 4.83. The van der Waals surface area contributed by atoms with E-state index in [1.54, 1.807) is 0 Å². The molecule has 32 heavy (non-hydrogen) atoms. The summed E-state index contributed by atoms with van der Waals surface area (Å²) >= 11 is 0. The highest BCUT2D eigenvalue weighted by molar-refractivity contribution is 5.84. The van der Waals surface area contributed by atoms with E-state index >= 15 is 0 Å². The molecular formula is C25H12F6O. The molecule has 0 fully saturated rings. The van der Waals surface area contributed by atoms with Gasteiger partial charge in [-0.05, 0) is 53.4 Å². The first-order chi connectivity index (χ1) is 15.3. The molecular weight excluding hydrogens is 430 g/mol. The van der Waals surface area contributed by atoms with Gasteiger partial charge in [-0.1, -0.05) is 17.9 Å². The maximum absolute atomic E-state index is 14.5. The number of hydrogen-bond acceptors (Lipinski definition) is 1. The summed E-state index contributed by atoms with van der Waals surface area (Å²) < 4.78 is 88.9. The van der Waals surface area contributed by atoms with Crippen LogP contribution in [0.3, 0.4) is 0 Å². The van der Waals surface area contributed by atoms with Crippen LogP contribution in [0.25, 0.3) is 21.9 Å². The zero-order chi connectivity index (χ0) is 23.0. The Morgan fingerprint density at radius 2 is 1.38 bits per heavy atom. The number of hydrogen-bond donors (Lipinski definition) is 0. The predicted molar refractivity (Wildman–Crippen MR) is 108 cm³/mol. The Kier molecular flexibility index (Phi) is 5.54. The Balaban J connectivity index is 1.72. The van der Waals surface area contributed by atoms with E-state index in [-0.39, 0.29) is 33.2 Å². The van der Waals surface area contributed by atoms with Crippen LogP contribution in [0.2, 0.25) is 0 Å². The van der Waals surface area contributed by atoms with E-state index in [0.717, 1.165) is 24.3 Å². The van der Waals surface area contributed by atoms with Gasteiger partial charge < -0.3 is 4.74 Å². The van der Waals surface area contributed by atoms with Gasteiger partial charge >= 0.3 is 0 Å². The molecule has 4 rings (SSSR count). The molecule has 0 saturated heterocycles. The van der Waals surface area contributed by atoms with Crippen LogP contribution >= 0.6 is 0 Å². The average Bonchev–Trinajstić information content (AvgIpc) is 2.76. The normalized spacial score (nSPS) is 10.7. The largest absolute Gasteiger partial charge is 0.497 e. The zero-order valence-corrected chi connectivity index (χ0v) is 16.4. The van der Waals surface area contributed by atoms with E-state index < -0.39 is 40.5 Å². The third kappa shape index (κ3) is 3.87. The Morgan fingerprint density at radius 3 is 2.03 bits per heavy atom. The van der Waals surface area contributed by atoms with Gasteiger partial charge in [0.2, 0.25) is 0 Å². The van der Waals surface area contributed by atoms with Crippen LogP contribution in [-0.2, 0) is 0 Å². The van der Waals surface area contributed by atoms with Gasteiger partial charge in [0, 0.05) is 22.6 Å². The molecule has 0 heterocycles. The molecule has 0 radical (unpaired) electrons. The molecule has 1 nitrogen and oxygen atoms in total. The Hall–Kier alpha value is -3.92. The maximum atomic E-state index is 14.5. The molecule has 160 valence electrons. The summed E-state index contributed by atoms with van der Waals surface area (Å²) in [6, 6.07) is 10.4. The standard InChI is InChI=1S/C25H12F6O/c1-32-16-4-7-17(22(28)12-16)15-9-20(26)19(21(27)10-15)6-3-13-2-5-18-14(8-13)11-23(29)25(31)24(18)30/h2,4-5,7-12H,1H3. The minimum atomic E-state index is -1.59. The summed E-state index contributed by atoms with van der Waals surface area (Å²) in [7, 11) is 1.36. The molecule has 0 amide bonds. The SMILES string of the molecule is COc1ccc(-c2cc(F)c(C#Cc3ccc4c(F)c(F)c(F)cc4c3)c(F)c2)c(F)c1. The van der Waals surface area contributed by atoms with Gasteiger partial charge in [0.15, 0.2) is 17.5 Å². The molecule has 0 saturated carbocycles. The molecule has 0 atom stereocenters. The van der Waals surface area contributed by atoms with Crippen molar-refractivity contribution in [3.05, 3.63) is 101 Å². The van der Waals surface area contributed by atoms with Crippen molar-refractivity contribution in [2.75, 3.05) is 7.11 Å². The first kappa shape index (κ1) is 21.3. The predicted octanol–water partition coefficient (Wildman–Crippen LogP) is 6.75. The van der Waals surface area contributed by atoms with Crippen LogP contribution in [-0.4, -0.2) is 7.11 Å². The van der Waals surface area contributed by atoms with Crippen molar-refractivity contribution in [2.45, 2.75) is 0 Å². The average molecular weight is 442 g/mol. The van der Waals surface area contributed by atoms with Crippen LogP contribution < -0.4 is 4.74 Å². The van der Waals surface area contributed by atoms with Gasteiger partial charge in [0.05, 0.1) is 12.7 Å². The third-order valence-electron chi connectivity index (χ3n) is 4.83. The van der Waals surface area contributed by atoms with Crippen LogP contribution in [0, 0.1) is 46.7 Å². The second-order valence-electron chi connectivity index (χ2n) is 6.83. The number of ether oxygens (including phenoxy) is 1. The molecule has 0 bridgehead atoms. The Labute approximate surface area is 178 Å². The molecule has 0 aromatic heterocycles. The van der Waals surface area contributed by atoms with E-state index in [4.69, 9.17) is 4.74 Å². The van der Waals surface area contributed by atoms with Crippen LogP contribution in [0.15, 0.2) is 54.6 Å². The van der Waals surface area contributed by atoms with Gasteiger partial charge in [-0.3, -0.25) is 0 Å². The summed E-state index contributed by atoms with van der Waals surface area (Å²) in [5, 5.41) is -0.114. The van der Waals surface area contributed by atoms with Gasteiger partial charge in [-0.15, -0.1) is 0 Å². The lowest BCUT2D eigenvalue weighted by atomic mass is 10.0. The quantitative estimate of drug-likeness (QED) is 0.190. The van der Waals surface area contributed by atoms with Crippen LogP contribution in [0.4, 0.5) is 26.3 Å². The topological polar surface area (TPSA) is 9.23 Å². The fourth-order valence-corrected chi connectivity index (χ4v) is 3.22. The number of methoxy groups -OCH3 is 1. The van der Waals surface area contributed by atoms with Crippen molar-refractivity contribution in [1.82, 2.24) is 0 Å². The van der Waals surface area contributed by atoms with E-state index in [1.165, 1.54) is 37.4 Å². The minimum Gasteiger partial charge on any atom is -0.497 e. The first-order valence-corrected chi connectivity index (χ1v) is 9.20. The van der Waals surface area contributed by atoms with Crippen LogP contribution in [0.5, 0.6) is 5.75 Å². The minimum absolute atomic E-state index is 0.0195. The van der Waals surface area contributed by atoms with Crippen molar-refractivity contribution in [2.24, 2.45) is 0 Å². The number of benzene rings is 4. The first-order valence-electron chi connectivity index (χ1n) is 9.20. The molecule has 4 aromatic carbocycles. The molecule has 0 N–H and O–H groups in total. The molecule has 0 spiro atoms. The fourth-order valence-electron chi connectivity index (χ4n) is 3.22. The molecule has 7 heteroatoms. The Morgan fingerprint density at radius 1 is 0.656 bits per heavy atom. The summed E-state index contributed by atoms with van der Waals surface area (Å²) in [5.41, 5.74) is -0.399. The molecule has 0 aliphatic carbocycles. The zero-order valence-electron chi connectivity index (χ0n) is 16.4. The molecule has 0 unspecified atom stereocenters. The van der Waals surface area contributed by atoms with Crippen molar-refractivity contribution < 1.29 is 31.1 Å². The summed E-state index contributed by atoms with van der Waals surface area (Å²) in [6.07, 6.45) is 0. The van der Waals surface area contributed by atoms with E-state index in [2.05, 4.69) is 11.8 Å². The number of rotatable bonds is 2. The van der Waals surface area contributed by atoms with E-state index in [1.807, 2.05) is 0 Å². The summed E-state index contributed by atoms with van der Waals surface area (Å²) in [4.78, 5) is 0. The highest BCUT2D eigenvalue weighted by atomic mass is 19.2. The molecule has 4 aromatic rings. The number of halogens is 6. The van der Waals surface area contributed by atoms with Crippen LogP contribution in [0.1, 0.15) is 11.1 Å². The van der Waals surface area contributed by atoms with E-state index in [9.17, 15) is 26.3 Å². The maximum Gasteiger partial charge on any atom is 0.195 e. The highest BCUT2D eigenvalue weighted by Crippen LogP contribution is 2.29. The smallest absolute Gasteiger partial charge is 0.195 e. The highest BCUT2D eigenvalue weighted by Gasteiger charge is 2.15. The van der Waals surface area contributed by atoms with Gasteiger partial charge in [0.25, 0.3) is 0 Å². The monoisotopic (exact) mass is 442 g/mol. The lowest BCUT2D eigenvalue weighted by Gasteiger charge is -2.08. The molecule has 0 aliphatic heterocycles. The summed E-state index contributed by atoms with van der Waals surface area (Å²) in [6.45, 7) is 0. The molecule has 0 aliphatic rings. The Bertz CT molecular complexity index is 1410. The van der Waals surface area contributed by atoms with Crippen molar-refractivity contribution in [3.63, 3.8) is 0 Å². The van der Waals surface area contributed by atoms with Gasteiger partial charge in [-0.25, -0.2) is 26.3 Å². The van der Waals surface area contributed by atoms with Crippen molar-refractivity contribution in [1.29, 1.82) is 0 Å². The number of fused-ring (bicyclic) bond motifs is 1. The van der Waals surface area contributed by atoms with Gasteiger partial charge in [-0.2, -0.15) is 0 Å². The van der Waals surface area contributed by atoms with Crippen molar-refractivity contribution in [3.8, 4) is 28.7 Å². The lowest BCUT2D eigenvalue weighted by molar-refractivity contribution is 0.411. The van der Waals surface area contributed by atoms with E-state index in [0.29, 0.717) is 0 Å².